The molecule has 1 fully saturated rings. The number of nitrogens with zero attached hydrogens (tertiary/aromatic N) is 2. The van der Waals surface area contributed by atoms with Crippen LogP contribution in [0.4, 0.5) is 16.2 Å². The van der Waals surface area contributed by atoms with E-state index in [2.05, 4.69) is 5.32 Å². The Morgan fingerprint density at radius 2 is 1.93 bits per heavy atom. The van der Waals surface area contributed by atoms with Crippen molar-refractivity contribution in [3.63, 3.8) is 0 Å². The van der Waals surface area contributed by atoms with Gasteiger partial charge in [-0.3, -0.25) is 9.69 Å². The SMILES string of the molecule is COc1cccc(NC(=O)CN2CCN(c3ccc4c(c3)OCCO4)C2=O)c1. The van der Waals surface area contributed by atoms with Crippen molar-refractivity contribution in [3.05, 3.63) is 42.5 Å². The summed E-state index contributed by atoms with van der Waals surface area (Å²) in [6, 6.07) is 12.3. The summed E-state index contributed by atoms with van der Waals surface area (Å²) >= 11 is 0. The van der Waals surface area contributed by atoms with Crippen LogP contribution >= 0.6 is 0 Å². The third kappa shape index (κ3) is 3.66. The molecule has 2 aliphatic rings. The van der Waals surface area contributed by atoms with E-state index in [1.54, 1.807) is 48.4 Å². The van der Waals surface area contributed by atoms with Crippen LogP contribution in [0.1, 0.15) is 0 Å². The number of carbonyl (C=O) groups is 2. The summed E-state index contributed by atoms with van der Waals surface area (Å²) in [5.41, 5.74) is 1.35. The molecule has 0 atom stereocenters. The van der Waals surface area contributed by atoms with E-state index in [1.807, 2.05) is 6.07 Å². The topological polar surface area (TPSA) is 80.3 Å². The third-order valence-electron chi connectivity index (χ3n) is 4.62. The zero-order valence-electron chi connectivity index (χ0n) is 15.5. The highest BCUT2D eigenvalue weighted by Gasteiger charge is 2.31. The highest BCUT2D eigenvalue weighted by atomic mass is 16.6. The molecule has 1 N–H and O–H groups in total. The second-order valence-corrected chi connectivity index (χ2v) is 6.46. The van der Waals surface area contributed by atoms with Gasteiger partial charge in [-0.1, -0.05) is 6.07 Å². The van der Waals surface area contributed by atoms with E-state index < -0.39 is 0 Å². The summed E-state index contributed by atoms with van der Waals surface area (Å²) in [7, 11) is 1.57. The highest BCUT2D eigenvalue weighted by Crippen LogP contribution is 2.35. The molecule has 4 rings (SSSR count). The molecule has 2 heterocycles. The zero-order valence-corrected chi connectivity index (χ0v) is 15.5. The first kappa shape index (κ1) is 18.0. The molecule has 8 nitrogen and oxygen atoms in total. The maximum Gasteiger partial charge on any atom is 0.325 e. The van der Waals surface area contributed by atoms with Gasteiger partial charge >= 0.3 is 6.03 Å². The van der Waals surface area contributed by atoms with Gasteiger partial charge in [-0.25, -0.2) is 4.79 Å². The Bertz CT molecular complexity index is 901. The number of ether oxygens (including phenoxy) is 3. The van der Waals surface area contributed by atoms with Gasteiger partial charge in [0.15, 0.2) is 11.5 Å². The molecule has 8 heteroatoms. The van der Waals surface area contributed by atoms with E-state index in [0.717, 1.165) is 5.69 Å². The number of amides is 3. The fourth-order valence-electron chi connectivity index (χ4n) is 3.24. The molecule has 0 spiro atoms. The number of hydrogen-bond acceptors (Lipinski definition) is 5. The van der Waals surface area contributed by atoms with Crippen molar-refractivity contribution >= 4 is 23.3 Å². The van der Waals surface area contributed by atoms with Crippen LogP contribution in [-0.2, 0) is 4.79 Å². The van der Waals surface area contributed by atoms with Crippen LogP contribution in [0, 0.1) is 0 Å². The van der Waals surface area contributed by atoms with Crippen LogP contribution in [0.15, 0.2) is 42.5 Å². The Balaban J connectivity index is 1.39. The Morgan fingerprint density at radius 3 is 2.75 bits per heavy atom. The van der Waals surface area contributed by atoms with E-state index >= 15 is 0 Å². The number of benzene rings is 2. The molecule has 3 amide bonds. The van der Waals surface area contributed by atoms with Gasteiger partial charge in [0.2, 0.25) is 5.91 Å². The van der Waals surface area contributed by atoms with Gasteiger partial charge in [-0.15, -0.1) is 0 Å². The number of methoxy groups -OCH3 is 1. The molecule has 0 aromatic heterocycles. The van der Waals surface area contributed by atoms with Crippen LogP contribution in [0.3, 0.4) is 0 Å². The van der Waals surface area contributed by atoms with Gasteiger partial charge in [0, 0.05) is 36.6 Å². The molecule has 0 bridgehead atoms. The lowest BCUT2D eigenvalue weighted by atomic mass is 10.2. The highest BCUT2D eigenvalue weighted by molar-refractivity contribution is 5.99. The summed E-state index contributed by atoms with van der Waals surface area (Å²) in [6.07, 6.45) is 0. The maximum atomic E-state index is 12.7. The lowest BCUT2D eigenvalue weighted by molar-refractivity contribution is -0.116. The average Bonchev–Trinajstić information content (AvgIpc) is 3.07. The molecule has 28 heavy (non-hydrogen) atoms. The quantitative estimate of drug-likeness (QED) is 0.857. The Kier molecular flexibility index (Phi) is 4.92. The predicted octanol–water partition coefficient (Wildman–Crippen LogP) is 2.35. The van der Waals surface area contributed by atoms with Crippen molar-refractivity contribution in [2.24, 2.45) is 0 Å². The summed E-state index contributed by atoms with van der Waals surface area (Å²) in [5.74, 6) is 1.70. The first-order valence-corrected chi connectivity index (χ1v) is 9.04. The molecule has 2 aliphatic heterocycles. The van der Waals surface area contributed by atoms with Gasteiger partial charge in [0.25, 0.3) is 0 Å². The maximum absolute atomic E-state index is 12.7. The monoisotopic (exact) mass is 383 g/mol. The Hall–Kier alpha value is -3.42. The summed E-state index contributed by atoms with van der Waals surface area (Å²) in [4.78, 5) is 28.2. The van der Waals surface area contributed by atoms with Crippen molar-refractivity contribution in [1.82, 2.24) is 4.90 Å². The van der Waals surface area contributed by atoms with E-state index in [1.165, 1.54) is 4.90 Å². The van der Waals surface area contributed by atoms with Gasteiger partial charge in [-0.2, -0.15) is 0 Å². The molecule has 0 unspecified atom stereocenters. The summed E-state index contributed by atoms with van der Waals surface area (Å²) in [5, 5.41) is 2.79. The minimum absolute atomic E-state index is 0.0168. The molecule has 2 aromatic rings. The number of nitrogens with one attached hydrogen (secondary N) is 1. The van der Waals surface area contributed by atoms with Crippen LogP contribution in [0.25, 0.3) is 0 Å². The van der Waals surface area contributed by atoms with Gasteiger partial charge in [0.05, 0.1) is 7.11 Å². The molecular formula is C20H21N3O5. The van der Waals surface area contributed by atoms with Crippen LogP contribution in [0.5, 0.6) is 17.2 Å². The summed E-state index contributed by atoms with van der Waals surface area (Å²) in [6.45, 7) is 1.97. The number of rotatable bonds is 5. The second kappa shape index (κ2) is 7.67. The number of fused-ring (bicyclic) bond motifs is 1. The fraction of sp³-hybridized carbons (Fsp3) is 0.300. The normalized spacial score (nSPS) is 15.5. The second-order valence-electron chi connectivity index (χ2n) is 6.46. The van der Waals surface area contributed by atoms with E-state index in [9.17, 15) is 9.59 Å². The Labute approximate surface area is 162 Å². The van der Waals surface area contributed by atoms with Crippen molar-refractivity contribution in [3.8, 4) is 17.2 Å². The van der Waals surface area contributed by atoms with Crippen LogP contribution < -0.4 is 24.4 Å². The minimum Gasteiger partial charge on any atom is -0.497 e. The number of hydrogen-bond donors (Lipinski definition) is 1. The van der Waals surface area contributed by atoms with Crippen molar-refractivity contribution < 1.29 is 23.8 Å². The molecule has 0 aliphatic carbocycles. The number of anilines is 2. The van der Waals surface area contributed by atoms with Crippen molar-refractivity contribution in [1.29, 1.82) is 0 Å². The largest absolute Gasteiger partial charge is 0.497 e. The van der Waals surface area contributed by atoms with Gasteiger partial charge in [0.1, 0.15) is 25.5 Å². The zero-order chi connectivity index (χ0) is 19.5. The average molecular weight is 383 g/mol. The molecule has 1 saturated heterocycles. The standard InChI is InChI=1S/C20H21N3O5/c1-26-16-4-2-3-14(11-16)21-19(24)13-22-7-8-23(20(22)25)15-5-6-17-18(12-15)28-10-9-27-17/h2-6,11-12H,7-10,13H2,1H3,(H,21,24). The Morgan fingerprint density at radius 1 is 1.11 bits per heavy atom. The first-order chi connectivity index (χ1) is 13.6. The van der Waals surface area contributed by atoms with Crippen molar-refractivity contribution in [2.75, 3.05) is 50.2 Å². The molecule has 2 aromatic carbocycles. The molecule has 0 radical (unpaired) electrons. The number of urea groups is 1. The van der Waals surface area contributed by atoms with E-state index in [0.29, 0.717) is 49.2 Å². The molecule has 146 valence electrons. The van der Waals surface area contributed by atoms with Crippen LogP contribution in [-0.4, -0.2) is 56.8 Å². The van der Waals surface area contributed by atoms with Gasteiger partial charge < -0.3 is 24.4 Å². The lowest BCUT2D eigenvalue weighted by Crippen LogP contribution is -2.37. The van der Waals surface area contributed by atoms with E-state index in [-0.39, 0.29) is 18.5 Å². The third-order valence-corrected chi connectivity index (χ3v) is 4.62. The smallest absolute Gasteiger partial charge is 0.325 e. The summed E-state index contributed by atoms with van der Waals surface area (Å²) < 4.78 is 16.2. The first-order valence-electron chi connectivity index (χ1n) is 9.04. The van der Waals surface area contributed by atoms with Crippen LogP contribution in [0.2, 0.25) is 0 Å². The van der Waals surface area contributed by atoms with Gasteiger partial charge in [-0.05, 0) is 24.3 Å². The molecule has 0 saturated carbocycles. The minimum atomic E-state index is -0.259. The fourth-order valence-corrected chi connectivity index (χ4v) is 3.24. The van der Waals surface area contributed by atoms with E-state index in [4.69, 9.17) is 14.2 Å². The predicted molar refractivity (Wildman–Crippen MR) is 103 cm³/mol. The molecular weight excluding hydrogens is 362 g/mol. The number of carbonyl (C=O) groups excluding carboxylic acids is 2. The van der Waals surface area contributed by atoms with Crippen molar-refractivity contribution in [2.45, 2.75) is 0 Å². The lowest BCUT2D eigenvalue weighted by Gasteiger charge is -2.22.